The molecule has 1 amide bonds. The topological polar surface area (TPSA) is 326 Å². The normalized spacial score (nSPS) is 33.4. The van der Waals surface area contributed by atoms with E-state index in [4.69, 9.17) is 24.4 Å². The smallest absolute Gasteiger partial charge is 0.394 e. The number of hydrogen-bond acceptors (Lipinski definition) is 16. The van der Waals surface area contributed by atoms with Crippen molar-refractivity contribution in [2.24, 2.45) is 0 Å². The number of carbonyl (C=O) groups is 1. The highest BCUT2D eigenvalue weighted by Gasteiger charge is 2.46. The average Bonchev–Trinajstić information content (AvgIpc) is 3.13. The first kappa shape index (κ1) is 35.6. The zero-order valence-electron chi connectivity index (χ0n) is 20.7. The van der Waals surface area contributed by atoms with Crippen molar-refractivity contribution in [3.05, 3.63) is 33.1 Å². The lowest BCUT2D eigenvalue weighted by atomic mass is 9.97. The summed E-state index contributed by atoms with van der Waals surface area (Å²) in [7, 11) is -10.5. The summed E-state index contributed by atoms with van der Waals surface area (Å²) in [4.78, 5) is 60.2. The average molecular weight is 657 g/mol. The molecule has 21 nitrogen and oxygen atoms in total. The molecular formula is C17H29N3O18P2S. The van der Waals surface area contributed by atoms with Crippen molar-refractivity contribution < 1.29 is 77.6 Å². The van der Waals surface area contributed by atoms with Crippen LogP contribution >= 0.6 is 28.5 Å². The van der Waals surface area contributed by atoms with Crippen LogP contribution in [0.4, 0.5) is 0 Å². The van der Waals surface area contributed by atoms with Crippen molar-refractivity contribution in [3.8, 4) is 0 Å². The number of hydrogen-bond donors (Lipinski definition) is 11. The third-order valence-corrected chi connectivity index (χ3v) is 8.00. The highest BCUT2D eigenvalue weighted by molar-refractivity contribution is 7.78. The van der Waals surface area contributed by atoms with Crippen molar-refractivity contribution in [1.82, 2.24) is 13.9 Å². The number of amides is 1. The molecule has 2 saturated heterocycles. The summed E-state index contributed by atoms with van der Waals surface area (Å²) in [5, 5.41) is 59.3. The summed E-state index contributed by atoms with van der Waals surface area (Å²) in [6, 6.07) is -0.156. The van der Waals surface area contributed by atoms with Gasteiger partial charge in [-0.15, -0.1) is 0 Å². The summed E-state index contributed by atoms with van der Waals surface area (Å²) in [6.45, 7) is -0.232. The van der Waals surface area contributed by atoms with Gasteiger partial charge in [-0.2, -0.15) is 4.31 Å². The van der Waals surface area contributed by atoms with Crippen LogP contribution in [-0.4, -0.2) is 122 Å². The molecule has 24 heteroatoms. The number of phosphoric acid groups is 2. The maximum Gasteiger partial charge on any atom is 0.481 e. The van der Waals surface area contributed by atoms with E-state index in [0.29, 0.717) is 3.97 Å². The van der Waals surface area contributed by atoms with Gasteiger partial charge in [-0.05, 0) is 0 Å². The predicted molar refractivity (Wildman–Crippen MR) is 132 cm³/mol. The number of carbonyl (C=O) groups excluding carboxylic acids is 1. The molecule has 0 spiro atoms. The Hall–Kier alpha value is -1.56. The Labute approximate surface area is 234 Å². The Morgan fingerprint density at radius 2 is 1.61 bits per heavy atom. The molecule has 236 valence electrons. The number of aliphatic hydroxyl groups excluding tert-OH is 6. The molecule has 3 rings (SSSR count). The number of nitrogens with zero attached hydrogens (tertiary/aromatic N) is 2. The van der Waals surface area contributed by atoms with Crippen LogP contribution in [0.3, 0.4) is 0 Å². The minimum atomic E-state index is -5.33. The SMILES string of the molecule is CC(=O)N[C@H]1C(O)O[C@H](CO)[C@@H](O)[C@@H]1O.O=c1ccn([C@@H]2O[C@H](COP(=O)(O)OP(=O)(O)O)[C@@H](O)[C@H]2O)c(=O)n1S. The zero-order chi connectivity index (χ0) is 31.4. The molecule has 2 aliphatic rings. The van der Waals surface area contributed by atoms with E-state index in [-0.39, 0.29) is 0 Å². The van der Waals surface area contributed by atoms with Gasteiger partial charge < -0.3 is 60.1 Å². The van der Waals surface area contributed by atoms with E-state index >= 15 is 0 Å². The highest BCUT2D eigenvalue weighted by atomic mass is 32.1. The maximum absolute atomic E-state index is 12.0. The summed E-state index contributed by atoms with van der Waals surface area (Å²) < 4.78 is 41.0. The number of rotatable bonds is 8. The van der Waals surface area contributed by atoms with Gasteiger partial charge in [0.1, 0.15) is 42.7 Å². The van der Waals surface area contributed by atoms with Gasteiger partial charge in [0.05, 0.1) is 13.2 Å². The van der Waals surface area contributed by atoms with Gasteiger partial charge >= 0.3 is 21.3 Å². The third-order valence-electron chi connectivity index (χ3n) is 5.48. The predicted octanol–water partition coefficient (Wildman–Crippen LogP) is -5.53. The Morgan fingerprint density at radius 3 is 2.15 bits per heavy atom. The first-order chi connectivity index (χ1) is 18.8. The molecule has 0 radical (unpaired) electrons. The van der Waals surface area contributed by atoms with Crippen LogP contribution in [0.15, 0.2) is 21.9 Å². The lowest BCUT2D eigenvalue weighted by Crippen LogP contribution is -2.63. The number of aliphatic hydroxyl groups is 6. The van der Waals surface area contributed by atoms with Crippen molar-refractivity contribution in [1.29, 1.82) is 0 Å². The van der Waals surface area contributed by atoms with Crippen LogP contribution in [0, 0.1) is 0 Å². The van der Waals surface area contributed by atoms with Crippen LogP contribution < -0.4 is 16.6 Å². The Kier molecular flexibility index (Phi) is 12.4. The van der Waals surface area contributed by atoms with Gasteiger partial charge in [0.25, 0.3) is 5.56 Å². The molecule has 0 bridgehead atoms. The van der Waals surface area contributed by atoms with Gasteiger partial charge in [-0.1, -0.05) is 12.8 Å². The second-order valence-corrected chi connectivity index (χ2v) is 11.7. The minimum Gasteiger partial charge on any atom is -0.394 e. The lowest BCUT2D eigenvalue weighted by Gasteiger charge is -2.40. The van der Waals surface area contributed by atoms with E-state index < -0.39 is 101 Å². The molecule has 10 N–H and O–H groups in total. The molecule has 0 saturated carbocycles. The van der Waals surface area contributed by atoms with Crippen LogP contribution in [0.2, 0.25) is 0 Å². The van der Waals surface area contributed by atoms with E-state index in [9.17, 15) is 53.9 Å². The standard InChI is InChI=1S/C9H14N2O12P2S.C8H15NO6/c12-5-1-2-10(9(15)11(5)26)8-7(14)6(13)4(22-8)3-21-25(19,20)23-24(16,17)18;1-3(11)9-5-7(13)6(12)4(2-10)15-8(5)14/h1-2,4,6-8,13-14,26H,3H2,(H,19,20)(H2,16,17,18);4-8,10,12-14H,2H2,1H3,(H,9,11)/t4-,6-,7-,8-;4-,5-,6-,7-,8?/m11/s1. The molecule has 1 aromatic rings. The first-order valence-corrected chi connectivity index (χ1v) is 14.6. The van der Waals surface area contributed by atoms with E-state index in [1.807, 2.05) is 0 Å². The molecule has 2 fully saturated rings. The van der Waals surface area contributed by atoms with Crippen LogP contribution in [0.1, 0.15) is 13.2 Å². The van der Waals surface area contributed by atoms with Gasteiger partial charge in [0, 0.05) is 19.2 Å². The zero-order valence-corrected chi connectivity index (χ0v) is 23.4. The van der Waals surface area contributed by atoms with Gasteiger partial charge in [-0.3, -0.25) is 18.7 Å². The fourth-order valence-electron chi connectivity index (χ4n) is 3.59. The van der Waals surface area contributed by atoms with E-state index in [1.54, 1.807) is 0 Å². The fourth-order valence-corrected chi connectivity index (χ4v) is 5.35. The quantitative estimate of drug-likeness (QED) is 0.0917. The van der Waals surface area contributed by atoms with Crippen LogP contribution in [0.25, 0.3) is 0 Å². The Balaban J connectivity index is 0.000000333. The molecular weight excluding hydrogens is 628 g/mol. The first-order valence-electron chi connectivity index (χ1n) is 11.2. The minimum absolute atomic E-state index is 0.419. The Morgan fingerprint density at radius 1 is 1.02 bits per heavy atom. The highest BCUT2D eigenvalue weighted by Crippen LogP contribution is 2.57. The van der Waals surface area contributed by atoms with Crippen LogP contribution in [-0.2, 0) is 32.2 Å². The molecule has 3 heterocycles. The largest absolute Gasteiger partial charge is 0.481 e. The molecule has 1 aromatic heterocycles. The molecule has 0 aromatic carbocycles. The molecule has 10 atom stereocenters. The maximum atomic E-state index is 12.0. The number of phosphoric ester groups is 1. The van der Waals surface area contributed by atoms with E-state index in [1.165, 1.54) is 6.92 Å². The molecule has 41 heavy (non-hydrogen) atoms. The summed E-state index contributed by atoms with van der Waals surface area (Å²) in [5.41, 5.74) is -1.74. The van der Waals surface area contributed by atoms with Crippen LogP contribution in [0.5, 0.6) is 0 Å². The second-order valence-electron chi connectivity index (χ2n) is 8.49. The van der Waals surface area contributed by atoms with Gasteiger partial charge in [0.2, 0.25) is 5.91 Å². The number of aromatic nitrogens is 2. The monoisotopic (exact) mass is 657 g/mol. The number of thiol groups is 1. The van der Waals surface area contributed by atoms with Crippen molar-refractivity contribution in [2.75, 3.05) is 13.2 Å². The molecule has 2 aliphatic heterocycles. The van der Waals surface area contributed by atoms with Gasteiger partial charge in [-0.25, -0.2) is 17.9 Å². The lowest BCUT2D eigenvalue weighted by molar-refractivity contribution is -0.253. The summed E-state index contributed by atoms with van der Waals surface area (Å²) in [5.74, 6) is -0.462. The number of ether oxygens (including phenoxy) is 2. The second kappa shape index (κ2) is 14.3. The summed E-state index contributed by atoms with van der Waals surface area (Å²) >= 11 is 3.65. The fraction of sp³-hybridized carbons (Fsp3) is 0.706. The third kappa shape index (κ3) is 9.46. The van der Waals surface area contributed by atoms with E-state index in [0.717, 1.165) is 16.8 Å². The van der Waals surface area contributed by atoms with Gasteiger partial charge in [0.15, 0.2) is 12.5 Å². The van der Waals surface area contributed by atoms with Crippen molar-refractivity contribution in [3.63, 3.8) is 0 Å². The van der Waals surface area contributed by atoms with E-state index in [2.05, 4.69) is 27.0 Å². The molecule has 2 unspecified atom stereocenters. The summed E-state index contributed by atoms with van der Waals surface area (Å²) in [6.07, 6.45) is -10.6. The molecule has 0 aliphatic carbocycles. The van der Waals surface area contributed by atoms with Crippen molar-refractivity contribution in [2.45, 2.75) is 62.1 Å². The van der Waals surface area contributed by atoms with Crippen molar-refractivity contribution >= 4 is 34.4 Å². The Bertz CT molecular complexity index is 1270. The number of nitrogens with one attached hydrogen (secondary N) is 1.